The summed E-state index contributed by atoms with van der Waals surface area (Å²) in [7, 11) is 0. The van der Waals surface area contributed by atoms with Crippen molar-refractivity contribution >= 4 is 33.6 Å². The van der Waals surface area contributed by atoms with Crippen molar-refractivity contribution in [3.63, 3.8) is 0 Å². The molecule has 3 aromatic heterocycles. The van der Waals surface area contributed by atoms with E-state index in [9.17, 15) is 4.39 Å². The van der Waals surface area contributed by atoms with E-state index in [1.54, 1.807) is 0 Å². The molecule has 30 heavy (non-hydrogen) atoms. The van der Waals surface area contributed by atoms with E-state index >= 15 is 0 Å². The number of halogens is 2. The molecule has 2 N–H and O–H groups in total. The van der Waals surface area contributed by atoms with E-state index in [1.807, 2.05) is 35.7 Å². The Balaban J connectivity index is 1.55. The molecule has 0 radical (unpaired) electrons. The standard InChI is InChI=1S/C20H24FIN7S/c1-4-22-24-8-13(2)17-9-23-20-19(25-14(3)10-29(17)20)26-18-7-16(27-30-18)12-28-6-5-15(21)11-28/h4,7-10,15,24H,1,5-6,11-12H2,2-3H3,(H,25,26)/q-1/b13-8+/t15-/m1/s1. The van der Waals surface area contributed by atoms with E-state index in [4.69, 9.17) is 0 Å². The molecule has 0 unspecified atom stereocenters. The van der Waals surface area contributed by atoms with Gasteiger partial charge in [-0.15, -0.1) is 0 Å². The molecule has 3 aromatic rings. The van der Waals surface area contributed by atoms with Crippen LogP contribution >= 0.6 is 11.5 Å². The summed E-state index contributed by atoms with van der Waals surface area (Å²) in [6, 6.07) is 2.01. The van der Waals surface area contributed by atoms with Gasteiger partial charge in [-0.25, -0.2) is 4.39 Å². The van der Waals surface area contributed by atoms with Gasteiger partial charge in [-0.3, -0.25) is 4.90 Å². The summed E-state index contributed by atoms with van der Waals surface area (Å²) >= 11 is 1.16. The molecule has 0 aliphatic carbocycles. The van der Waals surface area contributed by atoms with Gasteiger partial charge in [0, 0.05) is 13.1 Å². The van der Waals surface area contributed by atoms with Crippen molar-refractivity contribution in [2.75, 3.05) is 18.4 Å². The Morgan fingerprint density at radius 1 is 1.50 bits per heavy atom. The van der Waals surface area contributed by atoms with Gasteiger partial charge in [0.2, 0.25) is 0 Å². The van der Waals surface area contributed by atoms with Crippen molar-refractivity contribution in [2.24, 2.45) is 0 Å². The predicted molar refractivity (Wildman–Crippen MR) is 115 cm³/mol. The molecule has 4 rings (SSSR count). The first-order valence-corrected chi connectivity index (χ1v) is 12.7. The molecule has 1 aliphatic heterocycles. The molecule has 1 saturated heterocycles. The Morgan fingerprint density at radius 2 is 2.37 bits per heavy atom. The Morgan fingerprint density at radius 3 is 3.13 bits per heavy atom. The molecule has 0 aromatic carbocycles. The molecule has 0 saturated carbocycles. The van der Waals surface area contributed by atoms with Gasteiger partial charge in [-0.05, 0) is 6.42 Å². The van der Waals surface area contributed by atoms with Crippen LogP contribution in [0.1, 0.15) is 30.4 Å². The molecule has 0 amide bonds. The van der Waals surface area contributed by atoms with Crippen LogP contribution in [0.4, 0.5) is 15.2 Å². The van der Waals surface area contributed by atoms with Gasteiger partial charge in [-0.1, -0.05) is 0 Å². The number of likely N-dealkylation sites (tertiary alicyclic amines) is 1. The third-order valence-corrected chi connectivity index (χ3v) is 6.68. The van der Waals surface area contributed by atoms with Crippen molar-refractivity contribution < 1.29 is 25.9 Å². The Bertz CT molecular complexity index is 1080. The number of hydrogen-bond donors (Lipinski definition) is 2. The van der Waals surface area contributed by atoms with Gasteiger partial charge in [0.15, 0.2) is 0 Å². The fraction of sp³-hybridized carbons (Fsp3) is 0.350. The van der Waals surface area contributed by atoms with Gasteiger partial charge in [-0.2, -0.15) is 0 Å². The summed E-state index contributed by atoms with van der Waals surface area (Å²) in [5.41, 5.74) is 4.70. The summed E-state index contributed by atoms with van der Waals surface area (Å²) < 4.78 is 25.2. The van der Waals surface area contributed by atoms with Gasteiger partial charge in [0.25, 0.3) is 0 Å². The summed E-state index contributed by atoms with van der Waals surface area (Å²) in [5.74, 6) is 0.695. The number of hydrogen-bond acceptors (Lipinski definition) is 7. The second-order valence-electron chi connectivity index (χ2n) is 7.20. The predicted octanol–water partition coefficient (Wildman–Crippen LogP) is 0.880. The number of aryl methyl sites for hydroxylation is 1. The molecular weight excluding hydrogens is 516 g/mol. The molecule has 10 heteroatoms. The number of imidazole rings is 1. The molecule has 0 bridgehead atoms. The number of nitrogens with one attached hydrogen (secondary N) is 2. The molecule has 1 atom stereocenters. The number of nitrogens with zero attached hydrogens (tertiary/aromatic N) is 5. The van der Waals surface area contributed by atoms with Crippen molar-refractivity contribution in [3.8, 4) is 0 Å². The molecular formula is C20H24FIN7S-. The third kappa shape index (κ3) is 4.81. The molecule has 160 valence electrons. The van der Waals surface area contributed by atoms with E-state index in [-0.39, 0.29) is 21.5 Å². The minimum absolute atomic E-state index is 0.226. The van der Waals surface area contributed by atoms with E-state index in [2.05, 4.69) is 46.0 Å². The number of allylic oxidation sites excluding steroid dienone is 1. The zero-order chi connectivity index (χ0) is 21.1. The van der Waals surface area contributed by atoms with Gasteiger partial charge < -0.3 is 0 Å². The van der Waals surface area contributed by atoms with E-state index < -0.39 is 6.17 Å². The van der Waals surface area contributed by atoms with Crippen LogP contribution in [0.15, 0.2) is 35.3 Å². The van der Waals surface area contributed by atoms with Crippen LogP contribution in [0.5, 0.6) is 0 Å². The molecule has 0 spiro atoms. The summed E-state index contributed by atoms with van der Waals surface area (Å²) in [4.78, 5) is 11.3. The minimum atomic E-state index is -0.716. The number of aromatic nitrogens is 4. The number of alkyl halides is 1. The van der Waals surface area contributed by atoms with Crippen LogP contribution < -0.4 is 30.3 Å². The molecule has 4 heterocycles. The first-order chi connectivity index (χ1) is 14.5. The quantitative estimate of drug-likeness (QED) is 0.251. The van der Waals surface area contributed by atoms with E-state index in [0.29, 0.717) is 25.3 Å². The zero-order valence-electron chi connectivity index (χ0n) is 16.9. The first-order valence-electron chi connectivity index (χ1n) is 9.63. The third-order valence-electron chi connectivity index (χ3n) is 4.83. The average molecular weight is 540 g/mol. The number of anilines is 2. The topological polar surface area (TPSA) is 70.4 Å². The fourth-order valence-corrected chi connectivity index (χ4v) is 4.99. The Kier molecular flexibility index (Phi) is 6.64. The number of rotatable bonds is 8. The summed E-state index contributed by atoms with van der Waals surface area (Å²) in [6.45, 7) is 9.74. The van der Waals surface area contributed by atoms with E-state index in [1.165, 1.54) is 11.5 Å². The van der Waals surface area contributed by atoms with Crippen LogP contribution in [-0.4, -0.2) is 42.9 Å². The molecule has 1 aliphatic rings. The van der Waals surface area contributed by atoms with Crippen molar-refractivity contribution in [2.45, 2.75) is 33.0 Å². The van der Waals surface area contributed by atoms with Crippen molar-refractivity contribution in [3.05, 3.63) is 52.4 Å². The zero-order valence-corrected chi connectivity index (χ0v) is 19.9. The monoisotopic (exact) mass is 540 g/mol. The summed E-state index contributed by atoms with van der Waals surface area (Å²) in [6.07, 6.45) is 5.76. The maximum atomic E-state index is 13.4. The van der Waals surface area contributed by atoms with Gasteiger partial charge in [0.05, 0.1) is 0 Å². The van der Waals surface area contributed by atoms with Crippen LogP contribution in [0.25, 0.3) is 11.2 Å². The van der Waals surface area contributed by atoms with Crippen LogP contribution in [0.3, 0.4) is 0 Å². The second kappa shape index (κ2) is 9.40. The SMILES string of the molecule is C=C[I-]N/C=C(\C)c1cnc2c(Nc3cc(CN4CC[C@@H](F)C4)ns3)nc(C)cn12. The first kappa shape index (κ1) is 21.2. The average Bonchev–Trinajstić information content (AvgIpc) is 3.42. The van der Waals surface area contributed by atoms with Crippen LogP contribution in [-0.2, 0) is 6.54 Å². The van der Waals surface area contributed by atoms with E-state index in [0.717, 1.165) is 39.8 Å². The fourth-order valence-electron chi connectivity index (χ4n) is 3.44. The molecule has 1 fully saturated rings. The molecule has 7 nitrogen and oxygen atoms in total. The van der Waals surface area contributed by atoms with Crippen molar-refractivity contribution in [1.29, 1.82) is 0 Å². The Labute approximate surface area is 189 Å². The van der Waals surface area contributed by atoms with Crippen molar-refractivity contribution in [1.82, 2.24) is 27.2 Å². The summed E-state index contributed by atoms with van der Waals surface area (Å²) in [5, 5.41) is 4.27. The van der Waals surface area contributed by atoms with Gasteiger partial charge >= 0.3 is 155 Å². The number of fused-ring (bicyclic) bond motifs is 1. The second-order valence-corrected chi connectivity index (χ2v) is 10.1. The normalized spacial score (nSPS) is 17.7. The van der Waals surface area contributed by atoms with Gasteiger partial charge in [0.1, 0.15) is 6.17 Å². The maximum absolute atomic E-state index is 13.4. The van der Waals surface area contributed by atoms with Crippen LogP contribution in [0.2, 0.25) is 0 Å². The Hall–Kier alpha value is -2.05. The van der Waals surface area contributed by atoms with Crippen LogP contribution in [0, 0.1) is 6.92 Å².